The fourth-order valence-corrected chi connectivity index (χ4v) is 2.63. The van der Waals surface area contributed by atoms with Gasteiger partial charge in [0.15, 0.2) is 0 Å². The van der Waals surface area contributed by atoms with E-state index in [0.717, 1.165) is 13.1 Å². The van der Waals surface area contributed by atoms with Crippen molar-refractivity contribution >= 4 is 5.91 Å². The highest BCUT2D eigenvalue weighted by Gasteiger charge is 2.33. The van der Waals surface area contributed by atoms with Crippen LogP contribution >= 0.6 is 0 Å². The van der Waals surface area contributed by atoms with Crippen LogP contribution in [-0.4, -0.2) is 29.9 Å². The lowest BCUT2D eigenvalue weighted by Gasteiger charge is -2.42. The van der Waals surface area contributed by atoms with Gasteiger partial charge in [0.25, 0.3) is 5.91 Å². The summed E-state index contributed by atoms with van der Waals surface area (Å²) < 4.78 is 0. The van der Waals surface area contributed by atoms with E-state index in [9.17, 15) is 4.79 Å². The summed E-state index contributed by atoms with van der Waals surface area (Å²) in [6.07, 6.45) is 4.88. The number of piperidine rings is 1. The van der Waals surface area contributed by atoms with Crippen molar-refractivity contribution in [2.45, 2.75) is 52.5 Å². The topological polar surface area (TPSA) is 58.4 Å². The maximum Gasteiger partial charge on any atom is 0.250 e. The van der Waals surface area contributed by atoms with Crippen LogP contribution < -0.4 is 11.3 Å². The molecule has 1 amide bonds. The molecule has 0 aromatic carbocycles. The molecule has 1 rings (SSSR count). The third-order valence-electron chi connectivity index (χ3n) is 4.43. The van der Waals surface area contributed by atoms with Gasteiger partial charge < -0.3 is 0 Å². The summed E-state index contributed by atoms with van der Waals surface area (Å²) >= 11 is 0. The maximum atomic E-state index is 11.4. The summed E-state index contributed by atoms with van der Waals surface area (Å²) in [4.78, 5) is 13.7. The van der Waals surface area contributed by atoms with Crippen molar-refractivity contribution in [3.8, 4) is 0 Å². The normalized spacial score (nSPS) is 22.8. The number of hydrogen-bond acceptors (Lipinski definition) is 3. The molecule has 1 aliphatic heterocycles. The Hall–Kier alpha value is -0.610. The Bertz CT molecular complexity index is 228. The molecule has 0 aromatic heterocycles. The van der Waals surface area contributed by atoms with E-state index in [1.807, 2.05) is 6.92 Å². The van der Waals surface area contributed by atoms with Crippen molar-refractivity contribution in [3.63, 3.8) is 0 Å². The first kappa shape index (κ1) is 13.5. The van der Waals surface area contributed by atoms with Crippen LogP contribution in [0.15, 0.2) is 0 Å². The molecule has 16 heavy (non-hydrogen) atoms. The number of nitrogens with zero attached hydrogens (tertiary/aromatic N) is 1. The van der Waals surface area contributed by atoms with E-state index in [4.69, 9.17) is 5.84 Å². The maximum absolute atomic E-state index is 11.4. The van der Waals surface area contributed by atoms with Crippen LogP contribution in [-0.2, 0) is 4.79 Å². The Morgan fingerprint density at radius 3 is 2.25 bits per heavy atom. The third-order valence-corrected chi connectivity index (χ3v) is 4.43. The first-order valence-corrected chi connectivity index (χ1v) is 6.33. The molecule has 4 heteroatoms. The number of hydrazine groups is 1. The lowest BCUT2D eigenvalue weighted by Crippen LogP contribution is -2.51. The van der Waals surface area contributed by atoms with Crippen LogP contribution in [0.4, 0.5) is 0 Å². The largest absolute Gasteiger partial charge is 0.293 e. The monoisotopic (exact) mass is 227 g/mol. The number of rotatable bonds is 4. The highest BCUT2D eigenvalue weighted by Crippen LogP contribution is 2.38. The van der Waals surface area contributed by atoms with Gasteiger partial charge in [-0.3, -0.25) is 15.1 Å². The molecule has 0 aliphatic carbocycles. The second-order valence-electron chi connectivity index (χ2n) is 4.93. The van der Waals surface area contributed by atoms with Gasteiger partial charge >= 0.3 is 0 Å². The van der Waals surface area contributed by atoms with Crippen LogP contribution in [0.25, 0.3) is 0 Å². The molecule has 0 spiro atoms. The van der Waals surface area contributed by atoms with E-state index in [1.54, 1.807) is 0 Å². The van der Waals surface area contributed by atoms with Gasteiger partial charge in [-0.05, 0) is 38.3 Å². The fourth-order valence-electron chi connectivity index (χ4n) is 2.63. The van der Waals surface area contributed by atoms with Gasteiger partial charge in [-0.25, -0.2) is 5.84 Å². The van der Waals surface area contributed by atoms with Crippen LogP contribution in [0.2, 0.25) is 0 Å². The van der Waals surface area contributed by atoms with E-state index >= 15 is 0 Å². The zero-order valence-electron chi connectivity index (χ0n) is 10.8. The minimum atomic E-state index is -0.100. The van der Waals surface area contributed by atoms with Crippen molar-refractivity contribution in [1.29, 1.82) is 0 Å². The van der Waals surface area contributed by atoms with Crippen LogP contribution in [0.5, 0.6) is 0 Å². The van der Waals surface area contributed by atoms with Gasteiger partial charge in [0.2, 0.25) is 0 Å². The second-order valence-corrected chi connectivity index (χ2v) is 4.93. The van der Waals surface area contributed by atoms with Crippen LogP contribution in [0.3, 0.4) is 0 Å². The van der Waals surface area contributed by atoms with E-state index in [1.165, 1.54) is 25.7 Å². The summed E-state index contributed by atoms with van der Waals surface area (Å²) in [7, 11) is 0. The first-order valence-electron chi connectivity index (χ1n) is 6.33. The van der Waals surface area contributed by atoms with Crippen molar-refractivity contribution in [2.75, 3.05) is 13.1 Å². The van der Waals surface area contributed by atoms with Gasteiger partial charge in [-0.15, -0.1) is 0 Å². The highest BCUT2D eigenvalue weighted by molar-refractivity contribution is 5.80. The molecular formula is C12H25N3O. The van der Waals surface area contributed by atoms with E-state index in [0.29, 0.717) is 5.41 Å². The fraction of sp³-hybridized carbons (Fsp3) is 0.917. The summed E-state index contributed by atoms with van der Waals surface area (Å²) in [5.74, 6) is 5.08. The molecule has 4 nitrogen and oxygen atoms in total. The van der Waals surface area contributed by atoms with Crippen molar-refractivity contribution in [2.24, 2.45) is 11.3 Å². The average molecular weight is 227 g/mol. The van der Waals surface area contributed by atoms with Crippen LogP contribution in [0.1, 0.15) is 46.5 Å². The van der Waals surface area contributed by atoms with E-state index < -0.39 is 0 Å². The molecule has 1 saturated heterocycles. The minimum absolute atomic E-state index is 0.0829. The molecule has 3 N–H and O–H groups in total. The van der Waals surface area contributed by atoms with Crippen molar-refractivity contribution < 1.29 is 4.79 Å². The highest BCUT2D eigenvalue weighted by atomic mass is 16.2. The number of amides is 1. The molecule has 0 radical (unpaired) electrons. The second kappa shape index (κ2) is 5.64. The number of hydrogen-bond donors (Lipinski definition) is 2. The van der Waals surface area contributed by atoms with Crippen molar-refractivity contribution in [3.05, 3.63) is 0 Å². The standard InChI is InChI=1S/C12H25N3O/c1-4-12(5-2)6-8-15(9-7-12)10(3)11(16)14-13/h10H,4-9,13H2,1-3H3,(H,14,16). The predicted octanol–water partition coefficient (Wildman–Crippen LogP) is 1.27. The summed E-state index contributed by atoms with van der Waals surface area (Å²) in [5, 5.41) is 0. The van der Waals surface area contributed by atoms with Crippen LogP contribution in [0, 0.1) is 5.41 Å². The summed E-state index contributed by atoms with van der Waals surface area (Å²) in [6.45, 7) is 8.49. The van der Waals surface area contributed by atoms with Gasteiger partial charge in [0.05, 0.1) is 6.04 Å². The molecule has 1 unspecified atom stereocenters. The molecule has 0 aromatic rings. The molecular weight excluding hydrogens is 202 g/mol. The first-order chi connectivity index (χ1) is 7.58. The molecule has 1 atom stereocenters. The molecule has 1 heterocycles. The SMILES string of the molecule is CCC1(CC)CCN(C(C)C(=O)NN)CC1. The third kappa shape index (κ3) is 2.74. The van der Waals surface area contributed by atoms with Gasteiger partial charge in [-0.1, -0.05) is 26.7 Å². The predicted molar refractivity (Wildman–Crippen MR) is 65.6 cm³/mol. The minimum Gasteiger partial charge on any atom is -0.293 e. The molecule has 0 saturated carbocycles. The Morgan fingerprint density at radius 2 is 1.88 bits per heavy atom. The number of nitrogens with two attached hydrogens (primary N) is 1. The number of nitrogens with one attached hydrogen (secondary N) is 1. The lowest BCUT2D eigenvalue weighted by molar-refractivity contribution is -0.127. The molecule has 1 aliphatic rings. The van der Waals surface area contributed by atoms with Gasteiger partial charge in [0.1, 0.15) is 0 Å². The number of carbonyl (C=O) groups is 1. The number of carbonyl (C=O) groups excluding carboxylic acids is 1. The lowest BCUT2D eigenvalue weighted by atomic mass is 9.74. The Kier molecular flexibility index (Phi) is 4.74. The smallest absolute Gasteiger partial charge is 0.250 e. The quantitative estimate of drug-likeness (QED) is 0.432. The van der Waals surface area contributed by atoms with Gasteiger partial charge in [0, 0.05) is 0 Å². The van der Waals surface area contributed by atoms with Gasteiger partial charge in [-0.2, -0.15) is 0 Å². The molecule has 0 bridgehead atoms. The summed E-state index contributed by atoms with van der Waals surface area (Å²) in [5.41, 5.74) is 2.74. The van der Waals surface area contributed by atoms with E-state index in [2.05, 4.69) is 24.2 Å². The zero-order valence-corrected chi connectivity index (χ0v) is 10.8. The molecule has 1 fully saturated rings. The van der Waals surface area contributed by atoms with E-state index in [-0.39, 0.29) is 11.9 Å². The summed E-state index contributed by atoms with van der Waals surface area (Å²) in [6, 6.07) is -0.100. The molecule has 94 valence electrons. The van der Waals surface area contributed by atoms with Crippen molar-refractivity contribution in [1.82, 2.24) is 10.3 Å². The zero-order chi connectivity index (χ0) is 12.2. The Morgan fingerprint density at radius 1 is 1.38 bits per heavy atom. The average Bonchev–Trinajstić information content (AvgIpc) is 2.37. The Labute approximate surface area is 98.5 Å². The Balaban J connectivity index is 2.51. The number of likely N-dealkylation sites (tertiary alicyclic amines) is 1.